The number of benzene rings is 2. The van der Waals surface area contributed by atoms with E-state index in [1.165, 1.54) is 5.56 Å². The smallest absolute Gasteiger partial charge is 0.232 e. The van der Waals surface area contributed by atoms with E-state index >= 15 is 0 Å². The molecule has 50 heavy (non-hydrogen) atoms. The number of carbonyl (C=O) groups excluding carboxylic acids is 2. The Morgan fingerprint density at radius 2 is 1.32 bits per heavy atom. The van der Waals surface area contributed by atoms with Crippen molar-refractivity contribution in [3.8, 4) is 11.5 Å². The van der Waals surface area contributed by atoms with Gasteiger partial charge in [-0.3, -0.25) is 14.9 Å². The zero-order chi connectivity index (χ0) is 35.8. The summed E-state index contributed by atoms with van der Waals surface area (Å²) in [6.45, 7) is 7.93. The minimum absolute atomic E-state index is 0.0407. The van der Waals surface area contributed by atoms with Crippen molar-refractivity contribution in [2.45, 2.75) is 133 Å². The number of aryl methyl sites for hydroxylation is 2. The summed E-state index contributed by atoms with van der Waals surface area (Å²) in [5, 5.41) is 54.0. The topological polar surface area (TPSA) is 166 Å². The first-order chi connectivity index (χ1) is 23.7. The molecule has 272 valence electrons. The number of phenols is 1. The maximum atomic E-state index is 14.5. The Hall–Kier alpha value is -3.02. The minimum Gasteiger partial charge on any atom is -0.508 e. The molecule has 0 radical (unpaired) electrons. The molecule has 6 N–H and O–H groups in total. The van der Waals surface area contributed by atoms with E-state index in [0.717, 1.165) is 68.1 Å². The molecule has 1 aliphatic heterocycles. The van der Waals surface area contributed by atoms with Crippen LogP contribution < -0.4 is 10.1 Å². The van der Waals surface area contributed by atoms with Gasteiger partial charge in [0.15, 0.2) is 0 Å². The zero-order valence-corrected chi connectivity index (χ0v) is 29.7. The van der Waals surface area contributed by atoms with Crippen LogP contribution in [-0.4, -0.2) is 74.7 Å². The van der Waals surface area contributed by atoms with Gasteiger partial charge in [-0.25, -0.2) is 0 Å². The fourth-order valence-corrected chi connectivity index (χ4v) is 11.2. The lowest BCUT2D eigenvalue weighted by Crippen LogP contribution is -2.60. The van der Waals surface area contributed by atoms with Gasteiger partial charge in [0, 0.05) is 0 Å². The van der Waals surface area contributed by atoms with Crippen LogP contribution in [0.3, 0.4) is 0 Å². The summed E-state index contributed by atoms with van der Waals surface area (Å²) in [6, 6.07) is 11.3. The molecule has 2 saturated carbocycles. The van der Waals surface area contributed by atoms with Gasteiger partial charge in [0.05, 0.1) is 17.4 Å². The van der Waals surface area contributed by atoms with Crippen LogP contribution in [0, 0.1) is 22.7 Å². The molecule has 2 amide bonds. The van der Waals surface area contributed by atoms with Crippen molar-refractivity contribution in [1.29, 1.82) is 0 Å². The third kappa shape index (κ3) is 5.40. The fourth-order valence-electron chi connectivity index (χ4n) is 11.2. The number of phenolic OH excluding ortho intramolecular Hbond substituents is 1. The van der Waals surface area contributed by atoms with Gasteiger partial charge in [0.1, 0.15) is 35.9 Å². The first-order valence-corrected chi connectivity index (χ1v) is 18.4. The number of rotatable bonds is 5. The van der Waals surface area contributed by atoms with Crippen LogP contribution in [0.5, 0.6) is 11.5 Å². The molecule has 10 heteroatoms. The summed E-state index contributed by atoms with van der Waals surface area (Å²) >= 11 is 0. The highest BCUT2D eigenvalue weighted by atomic mass is 16.7. The van der Waals surface area contributed by atoms with E-state index in [0.29, 0.717) is 18.6 Å². The summed E-state index contributed by atoms with van der Waals surface area (Å²) in [7, 11) is 0. The molecular weight excluding hydrogens is 638 g/mol. The summed E-state index contributed by atoms with van der Waals surface area (Å²) < 4.78 is 11.6. The summed E-state index contributed by atoms with van der Waals surface area (Å²) in [6.07, 6.45) is 1.18. The van der Waals surface area contributed by atoms with Gasteiger partial charge in [0.2, 0.25) is 18.1 Å². The number of imide groups is 1. The summed E-state index contributed by atoms with van der Waals surface area (Å²) in [4.78, 5) is 28.9. The molecule has 2 aromatic carbocycles. The zero-order valence-electron chi connectivity index (χ0n) is 29.7. The predicted molar refractivity (Wildman–Crippen MR) is 184 cm³/mol. The number of hydrogen-bond acceptors (Lipinski definition) is 9. The highest BCUT2D eigenvalue weighted by Gasteiger charge is 2.58. The molecule has 0 spiro atoms. The number of carbonyl (C=O) groups is 2. The second kappa shape index (κ2) is 12.6. The molecule has 0 unspecified atom stereocenters. The second-order valence-corrected chi connectivity index (χ2v) is 16.8. The standard InChI is InChI=1S/C40H53NO9/c1-37-15-5-17-39(3,29(37)13-9-22-7-11-24(43)19-26(22)37)35(47)41-36(48)40(4)18-6-16-38(2)27-20-25(12-8-23(27)10-14-30(38)40)49-34-33(46)32(45)31(44)28(21-42)50-34/h7-8,11-12,19-20,28-34,42-46H,5-6,9-10,13-18,21H2,1-4H3,(H,41,47,48)/t28-,29-,30-,31-,32+,33-,34-,37-,38-,39+,40+/m1/s1. The molecule has 0 aromatic heterocycles. The molecule has 11 atom stereocenters. The maximum Gasteiger partial charge on any atom is 0.232 e. The van der Waals surface area contributed by atoms with E-state index in [1.807, 2.05) is 38.1 Å². The van der Waals surface area contributed by atoms with E-state index in [2.05, 4.69) is 19.2 Å². The SMILES string of the molecule is C[C@]1(C(=O)NC(=O)[C@@]2(C)CCC[C@]3(C)c4cc(O[C@@H]5O[C@H](CO)[C@@H](O)[C@H](O)[C@H]5O)ccc4CC[C@@H]23)CCC[C@]2(C)c3cc(O)ccc3CC[C@@H]12. The molecule has 5 aliphatic rings. The molecule has 10 nitrogen and oxygen atoms in total. The van der Waals surface area contributed by atoms with Gasteiger partial charge in [-0.2, -0.15) is 0 Å². The molecular formula is C40H53NO9. The van der Waals surface area contributed by atoms with Crippen LogP contribution in [-0.2, 0) is 38.0 Å². The van der Waals surface area contributed by atoms with Crippen molar-refractivity contribution in [2.24, 2.45) is 22.7 Å². The Kier molecular flexibility index (Phi) is 8.91. The van der Waals surface area contributed by atoms with Crippen molar-refractivity contribution in [1.82, 2.24) is 5.32 Å². The Balaban J connectivity index is 1.12. The van der Waals surface area contributed by atoms with Crippen LogP contribution in [0.15, 0.2) is 36.4 Å². The number of aliphatic hydroxyl groups excluding tert-OH is 4. The molecule has 2 aromatic rings. The third-order valence-corrected chi connectivity index (χ3v) is 14.0. The van der Waals surface area contributed by atoms with Crippen LogP contribution in [0.25, 0.3) is 0 Å². The Bertz CT molecular complexity index is 1660. The van der Waals surface area contributed by atoms with Crippen molar-refractivity contribution in [3.05, 3.63) is 58.7 Å². The molecule has 1 heterocycles. The first kappa shape index (κ1) is 35.4. The van der Waals surface area contributed by atoms with Crippen LogP contribution in [0.4, 0.5) is 0 Å². The van der Waals surface area contributed by atoms with Crippen LogP contribution >= 0.6 is 0 Å². The first-order valence-electron chi connectivity index (χ1n) is 18.4. The van der Waals surface area contributed by atoms with Crippen molar-refractivity contribution < 1.29 is 44.6 Å². The van der Waals surface area contributed by atoms with Gasteiger partial charge in [-0.1, -0.05) is 52.7 Å². The number of hydrogen-bond donors (Lipinski definition) is 6. The van der Waals surface area contributed by atoms with Gasteiger partial charge < -0.3 is 35.0 Å². The lowest BCUT2D eigenvalue weighted by molar-refractivity contribution is -0.277. The predicted octanol–water partition coefficient (Wildman–Crippen LogP) is 3.93. The number of ether oxygens (including phenoxy) is 2. The third-order valence-electron chi connectivity index (χ3n) is 14.0. The highest BCUT2D eigenvalue weighted by molar-refractivity contribution is 6.00. The molecule has 4 aliphatic carbocycles. The molecule has 7 rings (SSSR count). The monoisotopic (exact) mass is 691 g/mol. The lowest BCUT2D eigenvalue weighted by atomic mass is 9.49. The molecule has 0 bridgehead atoms. The normalized spacial score (nSPS) is 40.8. The number of nitrogens with one attached hydrogen (secondary N) is 1. The number of aromatic hydroxyl groups is 1. The molecule has 1 saturated heterocycles. The largest absolute Gasteiger partial charge is 0.508 e. The Morgan fingerprint density at radius 3 is 1.88 bits per heavy atom. The maximum absolute atomic E-state index is 14.5. The molecule has 3 fully saturated rings. The van der Waals surface area contributed by atoms with Crippen molar-refractivity contribution in [3.63, 3.8) is 0 Å². The van der Waals surface area contributed by atoms with Crippen LogP contribution in [0.2, 0.25) is 0 Å². The second-order valence-electron chi connectivity index (χ2n) is 16.8. The van der Waals surface area contributed by atoms with Gasteiger partial charge >= 0.3 is 0 Å². The fraction of sp³-hybridized carbons (Fsp3) is 0.650. The van der Waals surface area contributed by atoms with Gasteiger partial charge in [-0.15, -0.1) is 0 Å². The Morgan fingerprint density at radius 1 is 0.780 bits per heavy atom. The number of aliphatic hydroxyl groups is 4. The van der Waals surface area contributed by atoms with E-state index in [4.69, 9.17) is 9.47 Å². The van der Waals surface area contributed by atoms with E-state index in [-0.39, 0.29) is 34.8 Å². The van der Waals surface area contributed by atoms with Crippen molar-refractivity contribution >= 4 is 11.8 Å². The lowest BCUT2D eigenvalue weighted by Gasteiger charge is -2.56. The van der Waals surface area contributed by atoms with Crippen LogP contribution in [0.1, 0.15) is 101 Å². The summed E-state index contributed by atoms with van der Waals surface area (Å²) in [5.74, 6) is 0.254. The average Bonchev–Trinajstić information content (AvgIpc) is 3.08. The van der Waals surface area contributed by atoms with E-state index in [9.17, 15) is 35.1 Å². The van der Waals surface area contributed by atoms with E-state index in [1.54, 1.807) is 12.1 Å². The van der Waals surface area contributed by atoms with Gasteiger partial charge in [-0.05, 0) is 121 Å². The highest BCUT2D eigenvalue weighted by Crippen LogP contribution is 2.60. The van der Waals surface area contributed by atoms with E-state index < -0.39 is 53.6 Å². The minimum atomic E-state index is -1.54. The average molecular weight is 692 g/mol. The van der Waals surface area contributed by atoms with Gasteiger partial charge in [0.25, 0.3) is 0 Å². The quantitative estimate of drug-likeness (QED) is 0.255. The summed E-state index contributed by atoms with van der Waals surface area (Å²) in [5.41, 5.74) is 2.40. The van der Waals surface area contributed by atoms with Crippen molar-refractivity contribution in [2.75, 3.05) is 6.61 Å². The Labute approximate surface area is 294 Å². The number of amides is 2. The number of fused-ring (bicyclic) bond motifs is 6.